The van der Waals surface area contributed by atoms with Crippen LogP contribution in [0.2, 0.25) is 0 Å². The van der Waals surface area contributed by atoms with Gasteiger partial charge in [-0.2, -0.15) is 5.10 Å². The molecule has 5 aromatic rings. The van der Waals surface area contributed by atoms with E-state index >= 15 is 0 Å². The van der Waals surface area contributed by atoms with E-state index in [0.29, 0.717) is 11.5 Å². The predicted octanol–water partition coefficient (Wildman–Crippen LogP) is 5.90. The third-order valence-electron chi connectivity index (χ3n) is 7.02. The van der Waals surface area contributed by atoms with Crippen LogP contribution < -0.4 is 0 Å². The van der Waals surface area contributed by atoms with Gasteiger partial charge >= 0.3 is 0 Å². The molecule has 0 aliphatic carbocycles. The lowest BCUT2D eigenvalue weighted by atomic mass is 9.95. The van der Waals surface area contributed by atoms with Gasteiger partial charge in [-0.3, -0.25) is 9.67 Å². The van der Waals surface area contributed by atoms with E-state index in [0.717, 1.165) is 58.3 Å². The average molecular weight is 465 g/mol. The number of fused-ring (bicyclic) bond motifs is 2. The zero-order valence-corrected chi connectivity index (χ0v) is 19.7. The zero-order valence-electron chi connectivity index (χ0n) is 19.7. The van der Waals surface area contributed by atoms with Crippen molar-refractivity contribution in [2.45, 2.75) is 13.0 Å². The number of halogens is 1. The van der Waals surface area contributed by atoms with Gasteiger partial charge in [0.2, 0.25) is 5.69 Å². The molecule has 35 heavy (non-hydrogen) atoms. The molecule has 1 aliphatic heterocycles. The molecule has 0 bridgehead atoms. The lowest BCUT2D eigenvalue weighted by Gasteiger charge is -2.15. The second-order valence-electron chi connectivity index (χ2n) is 9.52. The van der Waals surface area contributed by atoms with Crippen molar-refractivity contribution < 1.29 is 4.39 Å². The van der Waals surface area contributed by atoms with Crippen molar-refractivity contribution in [3.63, 3.8) is 0 Å². The number of rotatable bonds is 4. The minimum Gasteiger partial charge on any atom is -0.346 e. The number of pyridine rings is 1. The third kappa shape index (κ3) is 3.76. The van der Waals surface area contributed by atoms with Gasteiger partial charge in [-0.1, -0.05) is 18.2 Å². The first-order valence-corrected chi connectivity index (χ1v) is 11.8. The Balaban J connectivity index is 1.54. The van der Waals surface area contributed by atoms with Crippen LogP contribution in [0.3, 0.4) is 0 Å². The Morgan fingerprint density at radius 3 is 2.74 bits per heavy atom. The summed E-state index contributed by atoms with van der Waals surface area (Å²) in [5.41, 5.74) is 5.31. The number of nitrogens with zero attached hydrogens (tertiary/aromatic N) is 6. The molecule has 2 aromatic carbocycles. The Hall–Kier alpha value is -4.02. The Bertz CT molecular complexity index is 1620. The maximum atomic E-state index is 14.7. The van der Waals surface area contributed by atoms with Gasteiger partial charge in [-0.15, -0.1) is 0 Å². The third-order valence-corrected chi connectivity index (χ3v) is 7.02. The van der Waals surface area contributed by atoms with Gasteiger partial charge < -0.3 is 9.47 Å². The van der Waals surface area contributed by atoms with E-state index < -0.39 is 5.82 Å². The molecule has 0 spiro atoms. The largest absolute Gasteiger partial charge is 0.346 e. The number of likely N-dealkylation sites (tertiary alicyclic amines) is 1. The smallest absolute Gasteiger partial charge is 0.222 e. The molecular weight excluding hydrogens is 439 g/mol. The molecule has 174 valence electrons. The van der Waals surface area contributed by atoms with E-state index in [1.165, 1.54) is 12.5 Å². The minimum atomic E-state index is -0.517. The van der Waals surface area contributed by atoms with E-state index in [1.807, 2.05) is 37.6 Å². The lowest BCUT2D eigenvalue weighted by molar-refractivity contribution is 0.380. The Morgan fingerprint density at radius 1 is 1.11 bits per heavy atom. The van der Waals surface area contributed by atoms with Gasteiger partial charge in [0.1, 0.15) is 5.82 Å². The predicted molar refractivity (Wildman–Crippen MR) is 137 cm³/mol. The topological polar surface area (TPSA) is 43.2 Å². The molecular formula is C28H25FN6. The normalized spacial score (nSPS) is 16.3. The highest BCUT2D eigenvalue weighted by Crippen LogP contribution is 2.39. The number of aryl methyl sites for hydroxylation is 1. The maximum Gasteiger partial charge on any atom is 0.222 e. The van der Waals surface area contributed by atoms with Crippen LogP contribution >= 0.6 is 0 Å². The van der Waals surface area contributed by atoms with Crippen LogP contribution in [0.5, 0.6) is 0 Å². The van der Waals surface area contributed by atoms with Crippen molar-refractivity contribution in [1.29, 1.82) is 0 Å². The van der Waals surface area contributed by atoms with Gasteiger partial charge in [0.15, 0.2) is 0 Å². The minimum absolute atomic E-state index is 0.0233. The van der Waals surface area contributed by atoms with Crippen LogP contribution in [0, 0.1) is 18.3 Å². The van der Waals surface area contributed by atoms with E-state index in [1.54, 1.807) is 10.7 Å². The van der Waals surface area contributed by atoms with E-state index in [-0.39, 0.29) is 5.69 Å². The first-order valence-electron chi connectivity index (χ1n) is 11.8. The molecule has 1 aliphatic rings. The molecule has 0 N–H and O–H groups in total. The second kappa shape index (κ2) is 8.33. The second-order valence-corrected chi connectivity index (χ2v) is 9.52. The SMILES string of the molecule is [C-]#[N+]c1ccc(-c2c(-c3ccc4nn(C)cc4c3)ncc3c2ccn3C[C@@H]2CCN(C)C2)cc1F. The van der Waals surface area contributed by atoms with Crippen molar-refractivity contribution in [3.05, 3.63) is 78.3 Å². The first-order chi connectivity index (χ1) is 17.0. The molecule has 0 saturated carbocycles. The molecule has 6 rings (SSSR count). The average Bonchev–Trinajstić information content (AvgIpc) is 3.55. The number of hydrogen-bond donors (Lipinski definition) is 0. The molecule has 1 saturated heterocycles. The van der Waals surface area contributed by atoms with Gasteiger partial charge in [-0.25, -0.2) is 9.24 Å². The monoisotopic (exact) mass is 464 g/mol. The van der Waals surface area contributed by atoms with Crippen molar-refractivity contribution in [3.8, 4) is 22.4 Å². The quantitative estimate of drug-likeness (QED) is 0.311. The van der Waals surface area contributed by atoms with Crippen LogP contribution in [0.25, 0.3) is 49.0 Å². The molecule has 1 fully saturated rings. The molecule has 6 nitrogen and oxygen atoms in total. The molecule has 1 atom stereocenters. The van der Waals surface area contributed by atoms with Crippen LogP contribution in [0.15, 0.2) is 61.1 Å². The highest BCUT2D eigenvalue weighted by Gasteiger charge is 2.22. The molecule has 0 radical (unpaired) electrons. The Labute approximate surface area is 203 Å². The molecule has 4 heterocycles. The van der Waals surface area contributed by atoms with Crippen molar-refractivity contribution in [2.24, 2.45) is 13.0 Å². The summed E-state index contributed by atoms with van der Waals surface area (Å²) < 4.78 is 18.8. The lowest BCUT2D eigenvalue weighted by Crippen LogP contribution is -2.16. The van der Waals surface area contributed by atoms with E-state index in [2.05, 4.69) is 44.8 Å². The highest BCUT2D eigenvalue weighted by atomic mass is 19.1. The maximum absolute atomic E-state index is 14.7. The zero-order chi connectivity index (χ0) is 24.1. The molecule has 0 unspecified atom stereocenters. The van der Waals surface area contributed by atoms with Crippen molar-refractivity contribution in [2.75, 3.05) is 20.1 Å². The van der Waals surface area contributed by atoms with Gasteiger partial charge in [0, 0.05) is 54.4 Å². The van der Waals surface area contributed by atoms with Crippen LogP contribution in [-0.2, 0) is 13.6 Å². The molecule has 7 heteroatoms. The summed E-state index contributed by atoms with van der Waals surface area (Å²) in [6, 6.07) is 13.0. The summed E-state index contributed by atoms with van der Waals surface area (Å²) in [5, 5.41) is 6.53. The number of benzene rings is 2. The fourth-order valence-corrected chi connectivity index (χ4v) is 5.33. The summed E-state index contributed by atoms with van der Waals surface area (Å²) >= 11 is 0. The number of hydrogen-bond acceptors (Lipinski definition) is 3. The first kappa shape index (κ1) is 21.5. The van der Waals surface area contributed by atoms with Gasteiger partial charge in [0.05, 0.1) is 29.5 Å². The van der Waals surface area contributed by atoms with Crippen molar-refractivity contribution in [1.82, 2.24) is 24.2 Å². The molecule has 3 aromatic heterocycles. The Kier molecular flexibility index (Phi) is 5.12. The van der Waals surface area contributed by atoms with Gasteiger partial charge in [0.25, 0.3) is 0 Å². The van der Waals surface area contributed by atoms with E-state index in [4.69, 9.17) is 11.6 Å². The summed E-state index contributed by atoms with van der Waals surface area (Å²) in [5.74, 6) is 0.0821. The summed E-state index contributed by atoms with van der Waals surface area (Å²) in [4.78, 5) is 10.6. The summed E-state index contributed by atoms with van der Waals surface area (Å²) in [6.07, 6.45) is 7.22. The fraction of sp³-hybridized carbons (Fsp3) is 0.250. The molecule has 0 amide bonds. The van der Waals surface area contributed by atoms with Crippen LogP contribution in [-0.4, -0.2) is 44.4 Å². The fourth-order valence-electron chi connectivity index (χ4n) is 5.33. The van der Waals surface area contributed by atoms with Crippen LogP contribution in [0.1, 0.15) is 6.42 Å². The summed E-state index contributed by atoms with van der Waals surface area (Å²) in [6.45, 7) is 10.4. The van der Waals surface area contributed by atoms with E-state index in [9.17, 15) is 4.39 Å². The summed E-state index contributed by atoms with van der Waals surface area (Å²) in [7, 11) is 4.07. The number of aromatic nitrogens is 4. The van der Waals surface area contributed by atoms with Crippen LogP contribution in [0.4, 0.5) is 10.1 Å². The van der Waals surface area contributed by atoms with Gasteiger partial charge in [-0.05, 0) is 55.8 Å². The highest BCUT2D eigenvalue weighted by molar-refractivity contribution is 6.02. The van der Waals surface area contributed by atoms with Crippen molar-refractivity contribution >= 4 is 27.5 Å². The standard InChI is InChI=1S/C28H25FN6/c1-30-25-7-4-19(13-23(25)29)27-22-9-11-35(16-18-8-10-33(2)15-18)26(22)14-31-28(27)20-5-6-24-21(12-20)17-34(3)32-24/h4-7,9,11-14,17-18H,8,10,15-16H2,2-3H3/t18-/m1/s1. The Morgan fingerprint density at radius 2 is 1.97 bits per heavy atom.